The van der Waals surface area contributed by atoms with Crippen LogP contribution in [0.4, 0.5) is 0 Å². The van der Waals surface area contributed by atoms with E-state index in [1.54, 1.807) is 0 Å². The Bertz CT molecular complexity index is 1560. The molecule has 0 spiro atoms. The molecule has 0 aliphatic carbocycles. The molecule has 0 unspecified atom stereocenters. The maximum Gasteiger partial charge on any atom is 0.119 e. The zero-order chi connectivity index (χ0) is 38.8. The van der Waals surface area contributed by atoms with Gasteiger partial charge in [0.25, 0.3) is 0 Å². The Morgan fingerprint density at radius 2 is 0.709 bits per heavy atom. The Morgan fingerprint density at radius 1 is 0.418 bits per heavy atom. The van der Waals surface area contributed by atoms with E-state index in [0.717, 1.165) is 70.8 Å². The minimum Gasteiger partial charge on any atom is -0.494 e. The van der Waals surface area contributed by atoms with Gasteiger partial charge < -0.3 is 19.1 Å². The van der Waals surface area contributed by atoms with E-state index in [0.29, 0.717) is 11.1 Å². The molecule has 55 heavy (non-hydrogen) atoms. The first-order valence-corrected chi connectivity index (χ1v) is 20.9. The number of aliphatic hydroxyl groups is 1. The van der Waals surface area contributed by atoms with Crippen LogP contribution in [0.1, 0.15) is 114 Å². The van der Waals surface area contributed by atoms with E-state index in [1.807, 2.05) is 72.8 Å². The van der Waals surface area contributed by atoms with Gasteiger partial charge in [-0.1, -0.05) is 113 Å². The number of hydrogen-bond acceptors (Lipinski definition) is 5. The monoisotopic (exact) mass is 742 g/mol. The average molecular weight is 743 g/mol. The molecular formula is C49H64N3O3+. The van der Waals surface area contributed by atoms with Crippen molar-refractivity contribution in [1.29, 1.82) is 10.5 Å². The SMILES string of the molecule is C[N+](CCO)(CCCCCCCCCCOc1ccc(-c2ccc(C#N)cc2)cc1)CCCCCCCCCCOc1ccc(-c2ccc(C#N)cc2)cc1. The van der Waals surface area contributed by atoms with Gasteiger partial charge in [-0.2, -0.15) is 10.5 Å². The minimum atomic E-state index is 0.276. The molecule has 0 amide bonds. The highest BCUT2D eigenvalue weighted by atomic mass is 16.5. The molecule has 6 heteroatoms. The Hall–Kier alpha value is -4.62. The van der Waals surface area contributed by atoms with Crippen molar-refractivity contribution in [2.45, 2.75) is 103 Å². The lowest BCUT2D eigenvalue weighted by Crippen LogP contribution is -2.47. The van der Waals surface area contributed by atoms with Gasteiger partial charge in [0, 0.05) is 0 Å². The lowest BCUT2D eigenvalue weighted by Gasteiger charge is -2.34. The van der Waals surface area contributed by atoms with Crippen molar-refractivity contribution in [3.05, 3.63) is 108 Å². The number of quaternary nitrogens is 1. The van der Waals surface area contributed by atoms with E-state index >= 15 is 0 Å². The normalized spacial score (nSPS) is 11.2. The van der Waals surface area contributed by atoms with Crippen LogP contribution in [-0.4, -0.2) is 56.1 Å². The number of unbranched alkanes of at least 4 members (excludes halogenated alkanes) is 14. The van der Waals surface area contributed by atoms with E-state index in [-0.39, 0.29) is 6.61 Å². The summed E-state index contributed by atoms with van der Waals surface area (Å²) in [5, 5.41) is 27.7. The van der Waals surface area contributed by atoms with Crippen molar-refractivity contribution < 1.29 is 19.1 Å². The highest BCUT2D eigenvalue weighted by molar-refractivity contribution is 5.65. The third kappa shape index (κ3) is 16.7. The summed E-state index contributed by atoms with van der Waals surface area (Å²) >= 11 is 0. The van der Waals surface area contributed by atoms with Gasteiger partial charge in [0.05, 0.1) is 63.2 Å². The molecule has 0 atom stereocenters. The molecule has 0 aliphatic heterocycles. The number of aliphatic hydroxyl groups excluding tert-OH is 1. The predicted molar refractivity (Wildman–Crippen MR) is 226 cm³/mol. The number of rotatable bonds is 28. The highest BCUT2D eigenvalue weighted by Crippen LogP contribution is 2.25. The summed E-state index contributed by atoms with van der Waals surface area (Å²) in [5.74, 6) is 1.83. The molecule has 0 aliphatic rings. The van der Waals surface area contributed by atoms with Gasteiger partial charge in [0.2, 0.25) is 0 Å². The van der Waals surface area contributed by atoms with Gasteiger partial charge in [-0.15, -0.1) is 0 Å². The van der Waals surface area contributed by atoms with E-state index in [2.05, 4.69) is 43.5 Å². The number of nitrogens with zero attached hydrogens (tertiary/aromatic N) is 3. The van der Waals surface area contributed by atoms with Gasteiger partial charge in [-0.3, -0.25) is 0 Å². The summed E-state index contributed by atoms with van der Waals surface area (Å²) in [5.41, 5.74) is 5.82. The molecule has 0 heterocycles. The molecule has 4 aromatic carbocycles. The largest absolute Gasteiger partial charge is 0.494 e. The first kappa shape index (κ1) is 43.1. The molecule has 0 saturated heterocycles. The van der Waals surface area contributed by atoms with Gasteiger partial charge in [0.15, 0.2) is 0 Å². The lowest BCUT2D eigenvalue weighted by molar-refractivity contribution is -0.910. The predicted octanol–water partition coefficient (Wildman–Crippen LogP) is 11.9. The van der Waals surface area contributed by atoms with E-state index in [4.69, 9.17) is 20.0 Å². The van der Waals surface area contributed by atoms with Crippen molar-refractivity contribution in [3.63, 3.8) is 0 Å². The second kappa shape index (κ2) is 25.5. The highest BCUT2D eigenvalue weighted by Gasteiger charge is 2.19. The number of likely N-dealkylation sites (N-methyl/N-ethyl adjacent to an activating group) is 1. The fourth-order valence-electron chi connectivity index (χ4n) is 7.23. The van der Waals surface area contributed by atoms with Gasteiger partial charge in [-0.05, 0) is 109 Å². The van der Waals surface area contributed by atoms with Crippen LogP contribution in [0, 0.1) is 22.7 Å². The molecule has 0 aromatic heterocycles. The topological polar surface area (TPSA) is 86.3 Å². The number of ether oxygens (including phenoxy) is 2. The third-order valence-corrected chi connectivity index (χ3v) is 10.8. The minimum absolute atomic E-state index is 0.276. The van der Waals surface area contributed by atoms with E-state index < -0.39 is 0 Å². The quantitative estimate of drug-likeness (QED) is 0.0462. The summed E-state index contributed by atoms with van der Waals surface area (Å²) in [4.78, 5) is 0. The fourth-order valence-corrected chi connectivity index (χ4v) is 7.23. The summed E-state index contributed by atoms with van der Waals surface area (Å²) in [6.45, 7) is 5.01. The van der Waals surface area contributed by atoms with Crippen LogP contribution in [0.5, 0.6) is 11.5 Å². The summed E-state index contributed by atoms with van der Waals surface area (Å²) in [6.07, 6.45) is 20.1. The van der Waals surface area contributed by atoms with Crippen molar-refractivity contribution >= 4 is 0 Å². The van der Waals surface area contributed by atoms with E-state index in [9.17, 15) is 5.11 Å². The van der Waals surface area contributed by atoms with Gasteiger partial charge in [0.1, 0.15) is 18.0 Å². The second-order valence-corrected chi connectivity index (χ2v) is 15.3. The summed E-state index contributed by atoms with van der Waals surface area (Å²) < 4.78 is 12.9. The molecule has 0 bridgehead atoms. The number of benzene rings is 4. The van der Waals surface area contributed by atoms with Crippen LogP contribution >= 0.6 is 0 Å². The molecule has 6 nitrogen and oxygen atoms in total. The fraction of sp³-hybridized carbons (Fsp3) is 0.469. The first-order chi connectivity index (χ1) is 27.0. The standard InChI is InChI=1S/C49H64N3O3/c1-52(36-37-53,34-14-10-6-2-4-8-12-16-38-54-48-30-26-46(27-31-48)44-22-18-42(40-50)19-23-44)35-15-11-7-3-5-9-13-17-39-55-49-32-28-47(29-33-49)45-24-20-43(41-51)21-25-45/h18-33,53H,2-17,34-39H2,1H3/q+1. The van der Waals surface area contributed by atoms with Crippen molar-refractivity contribution in [1.82, 2.24) is 0 Å². The van der Waals surface area contributed by atoms with Crippen LogP contribution < -0.4 is 9.47 Å². The maximum atomic E-state index is 9.74. The summed E-state index contributed by atoms with van der Waals surface area (Å²) in [7, 11) is 2.34. The molecule has 4 rings (SSSR count). The molecule has 0 saturated carbocycles. The van der Waals surface area contributed by atoms with Crippen molar-refractivity contribution in [2.75, 3.05) is 46.5 Å². The second-order valence-electron chi connectivity index (χ2n) is 15.3. The van der Waals surface area contributed by atoms with Crippen molar-refractivity contribution in [3.8, 4) is 45.9 Å². The maximum absolute atomic E-state index is 9.74. The smallest absolute Gasteiger partial charge is 0.119 e. The van der Waals surface area contributed by atoms with E-state index in [1.165, 1.54) is 103 Å². The van der Waals surface area contributed by atoms with Crippen LogP contribution in [0.3, 0.4) is 0 Å². The average Bonchev–Trinajstić information content (AvgIpc) is 3.22. The Labute approximate surface area is 332 Å². The first-order valence-electron chi connectivity index (χ1n) is 20.9. The van der Waals surface area contributed by atoms with Crippen LogP contribution in [0.15, 0.2) is 97.1 Å². The molecule has 1 N–H and O–H groups in total. The summed E-state index contributed by atoms with van der Waals surface area (Å²) in [6, 6.07) is 36.1. The Balaban J connectivity index is 0.926. The van der Waals surface area contributed by atoms with Gasteiger partial charge >= 0.3 is 0 Å². The zero-order valence-corrected chi connectivity index (χ0v) is 33.4. The van der Waals surface area contributed by atoms with Crippen LogP contribution in [0.2, 0.25) is 0 Å². The van der Waals surface area contributed by atoms with Gasteiger partial charge in [-0.25, -0.2) is 0 Å². The van der Waals surface area contributed by atoms with Crippen molar-refractivity contribution in [2.24, 2.45) is 0 Å². The molecular weight excluding hydrogens is 679 g/mol. The Morgan fingerprint density at radius 3 is 1.02 bits per heavy atom. The molecule has 0 radical (unpaired) electrons. The number of hydrogen-bond donors (Lipinski definition) is 1. The molecule has 4 aromatic rings. The molecule has 292 valence electrons. The lowest BCUT2D eigenvalue weighted by atomic mass is 10.0. The van der Waals surface area contributed by atoms with Crippen LogP contribution in [0.25, 0.3) is 22.3 Å². The zero-order valence-electron chi connectivity index (χ0n) is 33.4. The molecule has 0 fully saturated rings. The Kier molecular flexibility index (Phi) is 20.0. The third-order valence-electron chi connectivity index (χ3n) is 10.8. The number of nitriles is 2. The van der Waals surface area contributed by atoms with Crippen LogP contribution in [-0.2, 0) is 0 Å².